The van der Waals surface area contributed by atoms with E-state index in [0.29, 0.717) is 45.2 Å². The fraction of sp³-hybridized carbons (Fsp3) is 0.583. The summed E-state index contributed by atoms with van der Waals surface area (Å²) < 4.78 is 5.29. The number of nitrogens with zero attached hydrogens (tertiary/aromatic N) is 3. The molecule has 0 aliphatic carbocycles. The van der Waals surface area contributed by atoms with Gasteiger partial charge in [0.25, 0.3) is 0 Å². The van der Waals surface area contributed by atoms with Crippen LogP contribution in [0.25, 0.3) is 0 Å². The van der Waals surface area contributed by atoms with Crippen molar-refractivity contribution in [1.29, 1.82) is 0 Å². The Bertz CT molecular complexity index is 500. The van der Waals surface area contributed by atoms with Crippen molar-refractivity contribution in [2.75, 3.05) is 37.7 Å². The summed E-state index contributed by atoms with van der Waals surface area (Å²) in [5, 5.41) is 12.5. The number of fused-ring (bicyclic) bond motifs is 1. The molecule has 0 amide bonds. The minimum Gasteiger partial charge on any atom is -0.476 e. The van der Waals surface area contributed by atoms with E-state index in [0.717, 1.165) is 17.8 Å². The second-order valence-electron chi connectivity index (χ2n) is 4.63. The predicted molar refractivity (Wildman–Crippen MR) is 67.4 cm³/mol. The largest absolute Gasteiger partial charge is 0.476 e. The number of hydrogen-bond acceptors (Lipinski definition) is 6. The summed E-state index contributed by atoms with van der Waals surface area (Å²) in [5.41, 5.74) is 1.72. The van der Waals surface area contributed by atoms with Crippen molar-refractivity contribution >= 4 is 11.9 Å². The highest BCUT2D eigenvalue weighted by Crippen LogP contribution is 2.20. The highest BCUT2D eigenvalue weighted by atomic mass is 16.5. The molecule has 1 saturated heterocycles. The van der Waals surface area contributed by atoms with Gasteiger partial charge in [-0.05, 0) is 13.0 Å². The van der Waals surface area contributed by atoms with Gasteiger partial charge in [0.2, 0.25) is 5.95 Å². The first-order chi connectivity index (χ1) is 9.25. The van der Waals surface area contributed by atoms with Crippen molar-refractivity contribution in [3.05, 3.63) is 17.0 Å². The molecule has 7 heteroatoms. The molecular formula is C12H16N4O3. The number of anilines is 1. The number of hydrogen-bond donors (Lipinski definition) is 2. The zero-order valence-corrected chi connectivity index (χ0v) is 10.6. The van der Waals surface area contributed by atoms with Crippen LogP contribution in [0.3, 0.4) is 0 Å². The van der Waals surface area contributed by atoms with Crippen LogP contribution in [0.2, 0.25) is 0 Å². The van der Waals surface area contributed by atoms with Crippen molar-refractivity contribution in [3.8, 4) is 0 Å². The minimum absolute atomic E-state index is 0.146. The lowest BCUT2D eigenvalue weighted by atomic mass is 10.0. The van der Waals surface area contributed by atoms with Gasteiger partial charge in [0.05, 0.1) is 18.9 Å². The smallest absolute Gasteiger partial charge is 0.354 e. The Balaban J connectivity index is 2.00. The molecule has 1 aromatic heterocycles. The Kier molecular flexibility index (Phi) is 3.31. The summed E-state index contributed by atoms with van der Waals surface area (Å²) in [6, 6.07) is 0. The zero-order chi connectivity index (χ0) is 13.2. The van der Waals surface area contributed by atoms with Gasteiger partial charge in [-0.3, -0.25) is 0 Å². The van der Waals surface area contributed by atoms with Crippen LogP contribution in [0.1, 0.15) is 21.7 Å². The van der Waals surface area contributed by atoms with Gasteiger partial charge in [-0.1, -0.05) is 0 Å². The topological polar surface area (TPSA) is 87.6 Å². The predicted octanol–water partition coefficient (Wildman–Crippen LogP) is -0.343. The minimum atomic E-state index is -0.977. The molecule has 0 spiro atoms. The molecule has 7 nitrogen and oxygen atoms in total. The van der Waals surface area contributed by atoms with Crippen LogP contribution in [0.5, 0.6) is 0 Å². The van der Waals surface area contributed by atoms with Crippen LogP contribution in [0, 0.1) is 0 Å². The van der Waals surface area contributed by atoms with Crippen LogP contribution in [-0.2, 0) is 17.7 Å². The van der Waals surface area contributed by atoms with Crippen LogP contribution < -0.4 is 10.2 Å². The van der Waals surface area contributed by atoms with Crippen LogP contribution in [0.4, 0.5) is 5.95 Å². The van der Waals surface area contributed by atoms with E-state index in [1.54, 1.807) is 0 Å². The number of carboxylic acids is 1. The third-order valence-corrected chi connectivity index (χ3v) is 3.42. The molecule has 1 fully saturated rings. The molecule has 0 saturated carbocycles. The Hall–Kier alpha value is -1.73. The molecule has 2 aliphatic rings. The standard InChI is InChI=1S/C12H16N4O3/c17-11(18)10-8-1-2-13-7-9(8)14-12(15-10)16-3-5-19-6-4-16/h13H,1-7H2,(H,17,18). The number of ether oxygens (including phenoxy) is 1. The van der Waals surface area contributed by atoms with Gasteiger partial charge in [-0.2, -0.15) is 0 Å². The van der Waals surface area contributed by atoms with Gasteiger partial charge < -0.3 is 20.1 Å². The van der Waals surface area contributed by atoms with Gasteiger partial charge >= 0.3 is 5.97 Å². The Morgan fingerprint density at radius 2 is 2.11 bits per heavy atom. The number of morpholine rings is 1. The molecule has 0 aromatic carbocycles. The molecule has 2 aliphatic heterocycles. The monoisotopic (exact) mass is 264 g/mol. The average molecular weight is 264 g/mol. The van der Waals surface area contributed by atoms with Gasteiger partial charge in [0.15, 0.2) is 5.69 Å². The van der Waals surface area contributed by atoms with Crippen LogP contribution in [-0.4, -0.2) is 53.9 Å². The van der Waals surface area contributed by atoms with E-state index in [1.807, 2.05) is 4.90 Å². The SMILES string of the molecule is O=C(O)c1nc(N2CCOCC2)nc2c1CCNC2. The third-order valence-electron chi connectivity index (χ3n) is 3.42. The lowest BCUT2D eigenvalue weighted by Crippen LogP contribution is -2.38. The normalized spacial score (nSPS) is 19.1. The molecule has 1 aromatic rings. The van der Waals surface area contributed by atoms with Crippen molar-refractivity contribution in [2.24, 2.45) is 0 Å². The van der Waals surface area contributed by atoms with E-state index < -0.39 is 5.97 Å². The van der Waals surface area contributed by atoms with Crippen molar-refractivity contribution in [1.82, 2.24) is 15.3 Å². The molecule has 3 heterocycles. The first-order valence-corrected chi connectivity index (χ1v) is 6.42. The second kappa shape index (κ2) is 5.10. The molecule has 0 radical (unpaired) electrons. The number of nitrogens with one attached hydrogen (secondary N) is 1. The summed E-state index contributed by atoms with van der Waals surface area (Å²) in [6.07, 6.45) is 0.667. The lowest BCUT2D eigenvalue weighted by Gasteiger charge is -2.28. The molecule has 102 valence electrons. The third kappa shape index (κ3) is 2.39. The lowest BCUT2D eigenvalue weighted by molar-refractivity contribution is 0.0688. The molecular weight excluding hydrogens is 248 g/mol. The molecule has 0 bridgehead atoms. The number of rotatable bonds is 2. The maximum atomic E-state index is 11.4. The molecule has 3 rings (SSSR count). The summed E-state index contributed by atoms with van der Waals surface area (Å²) in [7, 11) is 0. The summed E-state index contributed by atoms with van der Waals surface area (Å²) >= 11 is 0. The maximum absolute atomic E-state index is 11.4. The highest BCUT2D eigenvalue weighted by molar-refractivity contribution is 5.87. The molecule has 0 atom stereocenters. The van der Waals surface area contributed by atoms with Gasteiger partial charge in [-0.25, -0.2) is 14.8 Å². The number of aromatic nitrogens is 2. The van der Waals surface area contributed by atoms with E-state index in [9.17, 15) is 9.90 Å². The fourth-order valence-electron chi connectivity index (χ4n) is 2.43. The van der Waals surface area contributed by atoms with Crippen molar-refractivity contribution in [3.63, 3.8) is 0 Å². The number of aromatic carboxylic acids is 1. The van der Waals surface area contributed by atoms with Crippen LogP contribution >= 0.6 is 0 Å². The Morgan fingerprint density at radius 3 is 2.84 bits per heavy atom. The second-order valence-corrected chi connectivity index (χ2v) is 4.63. The summed E-state index contributed by atoms with van der Waals surface area (Å²) in [5.74, 6) is -0.474. The van der Waals surface area contributed by atoms with E-state index >= 15 is 0 Å². The highest BCUT2D eigenvalue weighted by Gasteiger charge is 2.24. The average Bonchev–Trinajstić information content (AvgIpc) is 2.47. The summed E-state index contributed by atoms with van der Waals surface area (Å²) in [4.78, 5) is 22.1. The zero-order valence-electron chi connectivity index (χ0n) is 10.6. The van der Waals surface area contributed by atoms with Gasteiger partial charge in [-0.15, -0.1) is 0 Å². The Labute approximate surface area is 110 Å². The molecule has 2 N–H and O–H groups in total. The van der Waals surface area contributed by atoms with Crippen molar-refractivity contribution in [2.45, 2.75) is 13.0 Å². The fourth-order valence-corrected chi connectivity index (χ4v) is 2.43. The molecule has 19 heavy (non-hydrogen) atoms. The van der Waals surface area contributed by atoms with Crippen molar-refractivity contribution < 1.29 is 14.6 Å². The Morgan fingerprint density at radius 1 is 1.32 bits per heavy atom. The number of carbonyl (C=O) groups is 1. The summed E-state index contributed by atoms with van der Waals surface area (Å²) in [6.45, 7) is 4.03. The van der Waals surface area contributed by atoms with Crippen LogP contribution in [0.15, 0.2) is 0 Å². The maximum Gasteiger partial charge on any atom is 0.354 e. The molecule has 0 unspecified atom stereocenters. The van der Waals surface area contributed by atoms with Gasteiger partial charge in [0.1, 0.15) is 0 Å². The first-order valence-electron chi connectivity index (χ1n) is 6.42. The number of carboxylic acid groups (broad SMARTS) is 1. The van der Waals surface area contributed by atoms with E-state index in [-0.39, 0.29) is 5.69 Å². The first kappa shape index (κ1) is 12.3. The quantitative estimate of drug-likeness (QED) is 0.755. The van der Waals surface area contributed by atoms with Gasteiger partial charge in [0, 0.05) is 25.2 Å². The van der Waals surface area contributed by atoms with E-state index in [2.05, 4.69) is 15.3 Å². The van der Waals surface area contributed by atoms with E-state index in [1.165, 1.54) is 0 Å². The van der Waals surface area contributed by atoms with E-state index in [4.69, 9.17) is 4.74 Å².